The zero-order valence-corrected chi connectivity index (χ0v) is 18.6. The molecule has 4 unspecified atom stereocenters. The number of aliphatic imine (C=N–C) groups is 1. The van der Waals surface area contributed by atoms with Crippen molar-refractivity contribution in [3.63, 3.8) is 0 Å². The van der Waals surface area contributed by atoms with E-state index in [0.29, 0.717) is 11.1 Å². The van der Waals surface area contributed by atoms with Gasteiger partial charge >= 0.3 is 5.97 Å². The first-order valence-corrected chi connectivity index (χ1v) is 11.1. The summed E-state index contributed by atoms with van der Waals surface area (Å²) in [4.78, 5) is 16.0. The van der Waals surface area contributed by atoms with Crippen LogP contribution in [-0.4, -0.2) is 40.9 Å². The first-order valence-electron chi connectivity index (χ1n) is 10.7. The van der Waals surface area contributed by atoms with Crippen LogP contribution < -0.4 is 5.32 Å². The quantitative estimate of drug-likeness (QED) is 0.408. The molecular formula is C25H27ClN2O4. The summed E-state index contributed by atoms with van der Waals surface area (Å²) >= 11 is 6.56. The van der Waals surface area contributed by atoms with Crippen LogP contribution in [0.5, 0.6) is 0 Å². The SMILES string of the molecule is C=CC(C)C(/C=C/OC1=NC2C=C(c3ccc(C4(CO)CC4)cc3)C(Cl)=CC2N1)C(=O)O. The Balaban J connectivity index is 1.46. The molecule has 1 heterocycles. The fraction of sp³-hybridized carbons (Fsp3) is 0.360. The van der Waals surface area contributed by atoms with E-state index >= 15 is 0 Å². The van der Waals surface area contributed by atoms with E-state index in [1.165, 1.54) is 12.3 Å². The molecule has 1 aliphatic heterocycles. The van der Waals surface area contributed by atoms with E-state index in [-0.39, 0.29) is 30.0 Å². The average Bonchev–Trinajstić information content (AvgIpc) is 3.49. The van der Waals surface area contributed by atoms with E-state index in [1.807, 2.05) is 24.3 Å². The number of carboxylic acids is 1. The number of fused-ring (bicyclic) bond motifs is 1. The lowest BCUT2D eigenvalue weighted by molar-refractivity contribution is -0.141. The number of aliphatic hydroxyl groups is 1. The number of ether oxygens (including phenoxy) is 1. The number of rotatable bonds is 8. The van der Waals surface area contributed by atoms with Crippen molar-refractivity contribution in [2.45, 2.75) is 37.3 Å². The summed E-state index contributed by atoms with van der Waals surface area (Å²) in [6.07, 6.45) is 10.4. The number of aliphatic hydroxyl groups excluding tert-OH is 1. The molecule has 1 aromatic carbocycles. The Kier molecular flexibility index (Phi) is 6.26. The van der Waals surface area contributed by atoms with Gasteiger partial charge in [0, 0.05) is 10.4 Å². The van der Waals surface area contributed by atoms with Gasteiger partial charge in [0.1, 0.15) is 0 Å². The Morgan fingerprint density at radius 1 is 1.38 bits per heavy atom. The number of hydrogen-bond donors (Lipinski definition) is 3. The van der Waals surface area contributed by atoms with Crippen molar-refractivity contribution in [1.82, 2.24) is 5.32 Å². The lowest BCUT2D eigenvalue weighted by atomic mass is 9.91. The molecule has 2 aliphatic carbocycles. The summed E-state index contributed by atoms with van der Waals surface area (Å²) < 4.78 is 5.55. The third-order valence-electron chi connectivity index (χ3n) is 6.50. The molecule has 3 aliphatic rings. The number of aliphatic carboxylic acids is 1. The summed E-state index contributed by atoms with van der Waals surface area (Å²) in [5, 5.41) is 22.8. The fourth-order valence-corrected chi connectivity index (χ4v) is 4.38. The van der Waals surface area contributed by atoms with E-state index in [0.717, 1.165) is 29.5 Å². The maximum atomic E-state index is 11.4. The lowest BCUT2D eigenvalue weighted by Gasteiger charge is -2.21. The number of amidine groups is 1. The molecule has 0 amide bonds. The van der Waals surface area contributed by atoms with Gasteiger partial charge in [-0.15, -0.1) is 6.58 Å². The molecule has 0 saturated heterocycles. The highest BCUT2D eigenvalue weighted by atomic mass is 35.5. The van der Waals surface area contributed by atoms with Gasteiger partial charge in [0.05, 0.1) is 30.9 Å². The fourth-order valence-electron chi connectivity index (χ4n) is 4.07. The molecule has 3 N–H and O–H groups in total. The maximum absolute atomic E-state index is 11.4. The summed E-state index contributed by atoms with van der Waals surface area (Å²) in [6, 6.07) is 8.21. The number of carboxylic acid groups (broad SMARTS) is 1. The van der Waals surface area contributed by atoms with Crippen molar-refractivity contribution < 1.29 is 19.7 Å². The second kappa shape index (κ2) is 8.96. The molecule has 4 atom stereocenters. The Hall–Kier alpha value is -2.83. The Bertz CT molecular complexity index is 1020. The summed E-state index contributed by atoms with van der Waals surface area (Å²) in [5.41, 5.74) is 2.99. The van der Waals surface area contributed by atoms with Crippen LogP contribution in [0.2, 0.25) is 0 Å². The Morgan fingerprint density at radius 2 is 2.09 bits per heavy atom. The second-order valence-corrected chi connectivity index (χ2v) is 9.02. The van der Waals surface area contributed by atoms with Crippen LogP contribution in [0.1, 0.15) is 30.9 Å². The number of benzene rings is 1. The van der Waals surface area contributed by atoms with E-state index in [1.54, 1.807) is 13.0 Å². The Morgan fingerprint density at radius 3 is 2.69 bits per heavy atom. The normalized spacial score (nSPS) is 25.0. The number of allylic oxidation sites excluding steroid dienone is 3. The zero-order chi connectivity index (χ0) is 22.9. The van der Waals surface area contributed by atoms with Gasteiger partial charge in [0.25, 0.3) is 6.02 Å². The average molecular weight is 455 g/mol. The van der Waals surface area contributed by atoms with Crippen molar-refractivity contribution in [2.24, 2.45) is 16.8 Å². The molecular weight excluding hydrogens is 428 g/mol. The third-order valence-corrected chi connectivity index (χ3v) is 6.83. The highest BCUT2D eigenvalue weighted by Crippen LogP contribution is 2.48. The highest BCUT2D eigenvalue weighted by molar-refractivity contribution is 6.37. The van der Waals surface area contributed by atoms with E-state index in [4.69, 9.17) is 16.3 Å². The largest absolute Gasteiger partial charge is 0.481 e. The molecule has 0 radical (unpaired) electrons. The first-order chi connectivity index (χ1) is 15.4. The number of carbonyl (C=O) groups is 1. The van der Waals surface area contributed by atoms with Gasteiger partial charge in [-0.3, -0.25) is 4.79 Å². The van der Waals surface area contributed by atoms with Crippen LogP contribution in [0, 0.1) is 11.8 Å². The second-order valence-electron chi connectivity index (χ2n) is 8.61. The molecule has 0 aromatic heterocycles. The Labute approximate surface area is 192 Å². The summed E-state index contributed by atoms with van der Waals surface area (Å²) in [5.74, 6) is -1.88. The number of hydrogen-bond acceptors (Lipinski definition) is 5. The van der Waals surface area contributed by atoms with Gasteiger partial charge in [0.15, 0.2) is 0 Å². The first kappa shape index (κ1) is 22.4. The van der Waals surface area contributed by atoms with Crippen LogP contribution in [0.4, 0.5) is 0 Å². The van der Waals surface area contributed by atoms with Crippen LogP contribution in [0.15, 0.2) is 71.4 Å². The van der Waals surface area contributed by atoms with Crippen LogP contribution in [0.25, 0.3) is 5.57 Å². The van der Waals surface area contributed by atoms with E-state index < -0.39 is 11.9 Å². The van der Waals surface area contributed by atoms with Crippen molar-refractivity contribution in [3.05, 3.63) is 77.6 Å². The molecule has 0 spiro atoms. The molecule has 1 aromatic rings. The highest BCUT2D eigenvalue weighted by Gasteiger charge is 2.43. The number of nitrogens with zero attached hydrogens (tertiary/aromatic N) is 1. The standard InChI is InChI=1S/C25H27ClN2O4/c1-3-15(2)18(23(30)31)8-11-32-24-27-21-12-19(20(26)13-22(21)28-24)16-4-6-17(7-5-16)25(14-29)9-10-25/h3-8,11-13,15,18,21-22,29H,1,9-10,14H2,2H3,(H,27,28)(H,30,31)/b11-8+. The molecule has 0 bridgehead atoms. The van der Waals surface area contributed by atoms with Crippen LogP contribution in [-0.2, 0) is 14.9 Å². The molecule has 32 heavy (non-hydrogen) atoms. The minimum Gasteiger partial charge on any atom is -0.481 e. The molecule has 4 rings (SSSR count). The molecule has 1 fully saturated rings. The molecule has 7 heteroatoms. The molecule has 168 valence electrons. The van der Waals surface area contributed by atoms with E-state index in [2.05, 4.69) is 29.0 Å². The van der Waals surface area contributed by atoms with Crippen molar-refractivity contribution >= 4 is 29.2 Å². The molecule has 1 saturated carbocycles. The van der Waals surface area contributed by atoms with Crippen LogP contribution in [0.3, 0.4) is 0 Å². The van der Waals surface area contributed by atoms with Gasteiger partial charge in [-0.05, 0) is 53.7 Å². The van der Waals surface area contributed by atoms with Gasteiger partial charge < -0.3 is 20.3 Å². The smallest absolute Gasteiger partial charge is 0.311 e. The van der Waals surface area contributed by atoms with Crippen molar-refractivity contribution in [2.75, 3.05) is 6.61 Å². The number of nitrogens with one attached hydrogen (secondary N) is 1. The minimum atomic E-state index is -0.938. The maximum Gasteiger partial charge on any atom is 0.311 e. The monoisotopic (exact) mass is 454 g/mol. The number of halogens is 1. The summed E-state index contributed by atoms with van der Waals surface area (Å²) in [7, 11) is 0. The van der Waals surface area contributed by atoms with Crippen molar-refractivity contribution in [1.29, 1.82) is 0 Å². The van der Waals surface area contributed by atoms with Crippen molar-refractivity contribution in [3.8, 4) is 0 Å². The minimum absolute atomic E-state index is 0.0628. The third kappa shape index (κ3) is 4.38. The predicted molar refractivity (Wildman–Crippen MR) is 125 cm³/mol. The zero-order valence-electron chi connectivity index (χ0n) is 17.9. The van der Waals surface area contributed by atoms with E-state index in [9.17, 15) is 15.0 Å². The summed E-state index contributed by atoms with van der Waals surface area (Å²) in [6.45, 7) is 5.62. The molecule has 6 nitrogen and oxygen atoms in total. The van der Waals surface area contributed by atoms with Crippen LogP contribution >= 0.6 is 11.6 Å². The predicted octanol–water partition coefficient (Wildman–Crippen LogP) is 3.98. The van der Waals surface area contributed by atoms with Gasteiger partial charge in [-0.1, -0.05) is 48.9 Å². The van der Waals surface area contributed by atoms with Gasteiger partial charge in [0.2, 0.25) is 0 Å². The lowest BCUT2D eigenvalue weighted by Crippen LogP contribution is -2.34. The van der Waals surface area contributed by atoms with Gasteiger partial charge in [-0.2, -0.15) is 0 Å². The topological polar surface area (TPSA) is 91.2 Å². The van der Waals surface area contributed by atoms with Gasteiger partial charge in [-0.25, -0.2) is 4.99 Å².